The van der Waals surface area contributed by atoms with E-state index in [1.165, 1.54) is 71.3 Å². The molecule has 118 valence electrons. The molecule has 4 heteroatoms. The van der Waals surface area contributed by atoms with Gasteiger partial charge >= 0.3 is 5.97 Å². The standard InChI is InChI=1S/C16H29NO2.ClH/c1-19-16(18)15(17)14(12-8-4-2-5-9-12)13-10-6-3-7-11-13;/h12-15H,2-11,17H2,1H3;1H. The lowest BCUT2D eigenvalue weighted by atomic mass is 9.67. The van der Waals surface area contributed by atoms with Gasteiger partial charge in [-0.25, -0.2) is 0 Å². The number of methoxy groups -OCH3 is 1. The van der Waals surface area contributed by atoms with Crippen LogP contribution in [0.5, 0.6) is 0 Å². The minimum absolute atomic E-state index is 0. The van der Waals surface area contributed by atoms with Crippen molar-refractivity contribution in [2.75, 3.05) is 7.11 Å². The van der Waals surface area contributed by atoms with Crippen molar-refractivity contribution in [2.24, 2.45) is 23.5 Å². The van der Waals surface area contributed by atoms with Crippen molar-refractivity contribution in [1.29, 1.82) is 0 Å². The van der Waals surface area contributed by atoms with Crippen LogP contribution >= 0.6 is 12.4 Å². The number of hydrogen-bond donors (Lipinski definition) is 1. The number of ether oxygens (including phenoxy) is 1. The van der Waals surface area contributed by atoms with Gasteiger partial charge in [-0.2, -0.15) is 0 Å². The summed E-state index contributed by atoms with van der Waals surface area (Å²) in [7, 11) is 1.46. The first-order chi connectivity index (χ1) is 9.24. The molecule has 0 radical (unpaired) electrons. The van der Waals surface area contributed by atoms with Crippen molar-refractivity contribution in [3.8, 4) is 0 Å². The maximum Gasteiger partial charge on any atom is 0.322 e. The smallest absolute Gasteiger partial charge is 0.322 e. The monoisotopic (exact) mass is 303 g/mol. The molecule has 0 bridgehead atoms. The molecule has 20 heavy (non-hydrogen) atoms. The Morgan fingerprint density at radius 3 is 1.70 bits per heavy atom. The van der Waals surface area contributed by atoms with Crippen LogP contribution in [-0.2, 0) is 9.53 Å². The number of rotatable bonds is 4. The van der Waals surface area contributed by atoms with Crippen molar-refractivity contribution in [3.05, 3.63) is 0 Å². The summed E-state index contributed by atoms with van der Waals surface area (Å²) >= 11 is 0. The summed E-state index contributed by atoms with van der Waals surface area (Å²) < 4.78 is 4.91. The molecular weight excluding hydrogens is 274 g/mol. The van der Waals surface area contributed by atoms with Crippen LogP contribution in [0.25, 0.3) is 0 Å². The zero-order valence-electron chi connectivity index (χ0n) is 12.7. The number of carbonyl (C=O) groups is 1. The fourth-order valence-electron chi connectivity index (χ4n) is 4.30. The molecule has 0 aromatic carbocycles. The Hall–Kier alpha value is -0.280. The first kappa shape index (κ1) is 17.8. The largest absolute Gasteiger partial charge is 0.468 e. The third-order valence-electron chi connectivity index (χ3n) is 5.28. The van der Waals surface area contributed by atoms with Gasteiger partial charge in [0.05, 0.1) is 7.11 Å². The Kier molecular flexibility index (Phi) is 7.90. The maximum atomic E-state index is 11.9. The first-order valence-electron chi connectivity index (χ1n) is 8.07. The molecule has 3 nitrogen and oxygen atoms in total. The molecule has 2 rings (SSSR count). The van der Waals surface area contributed by atoms with Gasteiger partial charge in [0.1, 0.15) is 6.04 Å². The highest BCUT2D eigenvalue weighted by Crippen LogP contribution is 2.41. The SMILES string of the molecule is COC(=O)C(N)C(C1CCCCC1)C1CCCCC1.Cl. The molecular formula is C16H30ClNO2. The molecule has 0 aromatic rings. The molecule has 2 aliphatic carbocycles. The predicted octanol–water partition coefficient (Wildman–Crippen LogP) is 3.69. The van der Waals surface area contributed by atoms with Crippen LogP contribution in [0.4, 0.5) is 0 Å². The van der Waals surface area contributed by atoms with Crippen LogP contribution < -0.4 is 5.73 Å². The fraction of sp³-hybridized carbons (Fsp3) is 0.938. The second kappa shape index (κ2) is 8.89. The Balaban J connectivity index is 0.00000200. The van der Waals surface area contributed by atoms with Gasteiger partial charge in [0.25, 0.3) is 0 Å². The average molecular weight is 304 g/mol. The summed E-state index contributed by atoms with van der Waals surface area (Å²) in [5.41, 5.74) is 6.26. The second-order valence-corrected chi connectivity index (χ2v) is 6.42. The third kappa shape index (κ3) is 4.36. The van der Waals surface area contributed by atoms with Crippen LogP contribution in [0, 0.1) is 17.8 Å². The molecule has 1 atom stereocenters. The van der Waals surface area contributed by atoms with Gasteiger partial charge in [0.15, 0.2) is 0 Å². The maximum absolute atomic E-state index is 11.9. The van der Waals surface area contributed by atoms with Crippen LogP contribution in [0.15, 0.2) is 0 Å². The lowest BCUT2D eigenvalue weighted by Gasteiger charge is -2.40. The molecule has 1 unspecified atom stereocenters. The predicted molar refractivity (Wildman–Crippen MR) is 83.9 cm³/mol. The summed E-state index contributed by atoms with van der Waals surface area (Å²) in [6.45, 7) is 0. The summed E-state index contributed by atoms with van der Waals surface area (Å²) in [6.07, 6.45) is 12.9. The third-order valence-corrected chi connectivity index (χ3v) is 5.28. The summed E-state index contributed by atoms with van der Waals surface area (Å²) in [4.78, 5) is 11.9. The van der Waals surface area contributed by atoms with Crippen LogP contribution in [0.3, 0.4) is 0 Å². The van der Waals surface area contributed by atoms with Crippen LogP contribution in [0.2, 0.25) is 0 Å². The van der Waals surface area contributed by atoms with Crippen LogP contribution in [0.1, 0.15) is 64.2 Å². The first-order valence-corrected chi connectivity index (χ1v) is 8.07. The fourth-order valence-corrected chi connectivity index (χ4v) is 4.30. The Bertz CT molecular complexity index is 268. The van der Waals surface area contributed by atoms with Crippen molar-refractivity contribution in [2.45, 2.75) is 70.3 Å². The summed E-state index contributed by atoms with van der Waals surface area (Å²) in [5.74, 6) is 1.44. The van der Waals surface area contributed by atoms with Gasteiger partial charge in [0, 0.05) is 0 Å². The van der Waals surface area contributed by atoms with Crippen molar-refractivity contribution < 1.29 is 9.53 Å². The second-order valence-electron chi connectivity index (χ2n) is 6.42. The molecule has 2 saturated carbocycles. The van der Waals surface area contributed by atoms with E-state index in [0.717, 1.165) is 0 Å². The number of nitrogens with two attached hydrogens (primary N) is 1. The van der Waals surface area contributed by atoms with Crippen molar-refractivity contribution in [3.63, 3.8) is 0 Å². The minimum Gasteiger partial charge on any atom is -0.468 e. The topological polar surface area (TPSA) is 52.3 Å². The van der Waals surface area contributed by atoms with E-state index in [1.807, 2.05) is 0 Å². The van der Waals surface area contributed by atoms with E-state index in [9.17, 15) is 4.79 Å². The highest BCUT2D eigenvalue weighted by atomic mass is 35.5. The lowest BCUT2D eigenvalue weighted by Crippen LogP contribution is -2.46. The normalized spacial score (nSPS) is 23.1. The minimum atomic E-state index is -0.406. The van der Waals surface area contributed by atoms with Gasteiger partial charge in [-0.15, -0.1) is 12.4 Å². The summed E-state index contributed by atoms with van der Waals surface area (Å²) in [5, 5.41) is 0. The molecule has 0 spiro atoms. The van der Waals surface area contributed by atoms with E-state index in [-0.39, 0.29) is 18.4 Å². The van der Waals surface area contributed by atoms with Crippen LogP contribution in [-0.4, -0.2) is 19.1 Å². The number of carbonyl (C=O) groups excluding carboxylic acids is 1. The lowest BCUT2D eigenvalue weighted by molar-refractivity contribution is -0.145. The average Bonchev–Trinajstić information content (AvgIpc) is 2.49. The van der Waals surface area contributed by atoms with Gasteiger partial charge < -0.3 is 10.5 Å². The van der Waals surface area contributed by atoms with E-state index >= 15 is 0 Å². The van der Waals surface area contributed by atoms with Gasteiger partial charge in [-0.1, -0.05) is 64.2 Å². The molecule has 2 aliphatic rings. The van der Waals surface area contributed by atoms with Gasteiger partial charge in [-0.3, -0.25) is 4.79 Å². The van der Waals surface area contributed by atoms with Gasteiger partial charge in [-0.05, 0) is 17.8 Å². The number of hydrogen-bond acceptors (Lipinski definition) is 3. The van der Waals surface area contributed by atoms with E-state index in [4.69, 9.17) is 10.5 Å². The highest BCUT2D eigenvalue weighted by molar-refractivity contribution is 5.85. The Morgan fingerprint density at radius 1 is 0.950 bits per heavy atom. The molecule has 0 aliphatic heterocycles. The molecule has 0 aromatic heterocycles. The molecule has 0 amide bonds. The van der Waals surface area contributed by atoms with E-state index in [1.54, 1.807) is 0 Å². The van der Waals surface area contributed by atoms with E-state index in [0.29, 0.717) is 17.8 Å². The Labute approximate surface area is 129 Å². The van der Waals surface area contributed by atoms with Gasteiger partial charge in [0.2, 0.25) is 0 Å². The molecule has 0 saturated heterocycles. The molecule has 2 fully saturated rings. The molecule has 0 heterocycles. The quantitative estimate of drug-likeness (QED) is 0.806. The zero-order valence-corrected chi connectivity index (χ0v) is 13.5. The summed E-state index contributed by atoms with van der Waals surface area (Å²) in [6, 6.07) is -0.406. The van der Waals surface area contributed by atoms with Crippen molar-refractivity contribution >= 4 is 18.4 Å². The molecule has 2 N–H and O–H groups in total. The number of esters is 1. The zero-order chi connectivity index (χ0) is 13.7. The Morgan fingerprint density at radius 2 is 1.35 bits per heavy atom. The number of halogens is 1. The van der Waals surface area contributed by atoms with Crippen molar-refractivity contribution in [1.82, 2.24) is 0 Å². The van der Waals surface area contributed by atoms with E-state index < -0.39 is 6.04 Å². The highest BCUT2D eigenvalue weighted by Gasteiger charge is 2.38. The van der Waals surface area contributed by atoms with E-state index in [2.05, 4.69) is 0 Å².